The molecule has 3 rings (SSSR count). The molecular weight excluding hydrogens is 278 g/mol. The smallest absolute Gasteiger partial charge is 0.306 e. The van der Waals surface area contributed by atoms with E-state index in [1.165, 1.54) is 11.8 Å². The maximum Gasteiger partial charge on any atom is 0.306 e. The molecule has 3 N–H and O–H groups in total. The van der Waals surface area contributed by atoms with Crippen molar-refractivity contribution in [2.24, 2.45) is 0 Å². The number of carboxylic acid groups (broad SMARTS) is 1. The molecule has 102 valence electrons. The van der Waals surface area contributed by atoms with Gasteiger partial charge in [-0.1, -0.05) is 17.8 Å². The Morgan fingerprint density at radius 1 is 1.35 bits per heavy atom. The van der Waals surface area contributed by atoms with Crippen LogP contribution in [0.5, 0.6) is 0 Å². The number of aliphatic carboxylic acids is 1. The zero-order valence-electron chi connectivity index (χ0n) is 10.3. The summed E-state index contributed by atoms with van der Waals surface area (Å²) in [5, 5.41) is 22.5. The number of aromatic nitrogens is 2. The van der Waals surface area contributed by atoms with E-state index in [0.29, 0.717) is 11.4 Å². The Kier molecular flexibility index (Phi) is 3.29. The van der Waals surface area contributed by atoms with Crippen LogP contribution in [0.4, 0.5) is 11.5 Å². The average molecular weight is 289 g/mol. The second-order valence-corrected chi connectivity index (χ2v) is 5.34. The minimum atomic E-state index is -1.03. The molecule has 0 radical (unpaired) electrons. The number of aliphatic hydroxyl groups excluding tert-OH is 1. The van der Waals surface area contributed by atoms with E-state index >= 15 is 0 Å². The number of aliphatic hydroxyl groups is 1. The second-order valence-electron chi connectivity index (χ2n) is 4.31. The molecule has 0 bridgehead atoms. The van der Waals surface area contributed by atoms with E-state index in [4.69, 9.17) is 5.11 Å². The zero-order valence-corrected chi connectivity index (χ0v) is 11.1. The number of hydrogen-bond donors (Lipinski definition) is 3. The van der Waals surface area contributed by atoms with Crippen molar-refractivity contribution in [2.45, 2.75) is 22.4 Å². The van der Waals surface area contributed by atoms with Crippen LogP contribution in [-0.4, -0.2) is 26.2 Å². The first-order chi connectivity index (χ1) is 9.63. The molecule has 0 aliphatic carbocycles. The molecule has 6 nitrogen and oxygen atoms in total. The first-order valence-corrected chi connectivity index (χ1v) is 6.75. The molecule has 7 heteroatoms. The molecule has 0 saturated heterocycles. The molecule has 0 amide bonds. The summed E-state index contributed by atoms with van der Waals surface area (Å²) in [4.78, 5) is 20.0. The molecule has 2 heterocycles. The Balaban J connectivity index is 1.90. The van der Waals surface area contributed by atoms with E-state index < -0.39 is 12.1 Å². The van der Waals surface area contributed by atoms with Crippen LogP contribution in [0, 0.1) is 0 Å². The fraction of sp³-hybridized carbons (Fsp3) is 0.154. The van der Waals surface area contributed by atoms with Crippen LogP contribution < -0.4 is 5.32 Å². The van der Waals surface area contributed by atoms with Gasteiger partial charge in [-0.25, -0.2) is 9.97 Å². The molecule has 1 aromatic carbocycles. The predicted octanol–water partition coefficient (Wildman–Crippen LogP) is 2.19. The van der Waals surface area contributed by atoms with Gasteiger partial charge in [0, 0.05) is 17.3 Å². The van der Waals surface area contributed by atoms with Gasteiger partial charge in [-0.2, -0.15) is 0 Å². The third-order valence-corrected chi connectivity index (χ3v) is 3.95. The Morgan fingerprint density at radius 2 is 2.15 bits per heavy atom. The number of benzene rings is 1. The highest BCUT2D eigenvalue weighted by molar-refractivity contribution is 7.99. The van der Waals surface area contributed by atoms with Gasteiger partial charge in [0.15, 0.2) is 5.82 Å². The molecule has 1 aliphatic heterocycles. The topological polar surface area (TPSA) is 95.3 Å². The van der Waals surface area contributed by atoms with Gasteiger partial charge in [-0.05, 0) is 17.7 Å². The second kappa shape index (κ2) is 5.10. The van der Waals surface area contributed by atoms with E-state index in [1.54, 1.807) is 24.5 Å². The molecule has 1 aliphatic rings. The molecule has 1 atom stereocenters. The van der Waals surface area contributed by atoms with E-state index in [1.807, 2.05) is 6.07 Å². The largest absolute Gasteiger partial charge is 0.481 e. The predicted molar refractivity (Wildman–Crippen MR) is 73.1 cm³/mol. The lowest BCUT2D eigenvalue weighted by Gasteiger charge is -2.20. The van der Waals surface area contributed by atoms with Gasteiger partial charge in [-0.3, -0.25) is 4.79 Å². The monoisotopic (exact) mass is 289 g/mol. The highest BCUT2D eigenvalue weighted by atomic mass is 32.2. The summed E-state index contributed by atoms with van der Waals surface area (Å²) in [5.74, 6) is -0.372. The standard InChI is InChI=1S/C13H11N3O3S/c17-9(6-11(18)19)7-1-2-10-8(5-7)16-12-13(20-10)15-4-3-14-12/h1-5,9,17H,6H2,(H,14,16)(H,18,19). The maximum absolute atomic E-state index is 10.6. The van der Waals surface area contributed by atoms with Crippen LogP contribution in [0.2, 0.25) is 0 Å². The Hall–Kier alpha value is -2.12. The maximum atomic E-state index is 10.6. The van der Waals surface area contributed by atoms with Crippen molar-refractivity contribution >= 4 is 29.2 Å². The number of hydrogen-bond acceptors (Lipinski definition) is 6. The van der Waals surface area contributed by atoms with E-state index in [0.717, 1.165) is 15.6 Å². The summed E-state index contributed by atoms with van der Waals surface area (Å²) in [7, 11) is 0. The quantitative estimate of drug-likeness (QED) is 0.680. The van der Waals surface area contributed by atoms with Crippen LogP contribution in [0.25, 0.3) is 0 Å². The molecule has 20 heavy (non-hydrogen) atoms. The van der Waals surface area contributed by atoms with Gasteiger partial charge in [0.05, 0.1) is 18.2 Å². The van der Waals surface area contributed by atoms with Crippen molar-refractivity contribution in [3.8, 4) is 0 Å². The van der Waals surface area contributed by atoms with Gasteiger partial charge in [0.25, 0.3) is 0 Å². The molecule has 1 unspecified atom stereocenters. The Labute approximate surface area is 118 Å². The van der Waals surface area contributed by atoms with Crippen molar-refractivity contribution in [1.82, 2.24) is 9.97 Å². The molecule has 0 fully saturated rings. The van der Waals surface area contributed by atoms with Gasteiger partial charge in [0.2, 0.25) is 0 Å². The number of nitrogens with zero attached hydrogens (tertiary/aromatic N) is 2. The van der Waals surface area contributed by atoms with Gasteiger partial charge >= 0.3 is 5.97 Å². The fourth-order valence-electron chi connectivity index (χ4n) is 1.94. The number of nitrogens with one attached hydrogen (secondary N) is 1. The molecule has 0 saturated carbocycles. The van der Waals surface area contributed by atoms with E-state index in [-0.39, 0.29) is 6.42 Å². The minimum Gasteiger partial charge on any atom is -0.481 e. The van der Waals surface area contributed by atoms with E-state index in [2.05, 4.69) is 15.3 Å². The van der Waals surface area contributed by atoms with Crippen molar-refractivity contribution < 1.29 is 15.0 Å². The van der Waals surface area contributed by atoms with Gasteiger partial charge < -0.3 is 15.5 Å². The van der Waals surface area contributed by atoms with Crippen molar-refractivity contribution in [1.29, 1.82) is 0 Å². The van der Waals surface area contributed by atoms with Crippen LogP contribution >= 0.6 is 11.8 Å². The molecule has 1 aromatic heterocycles. The lowest BCUT2D eigenvalue weighted by molar-refractivity contribution is -0.139. The van der Waals surface area contributed by atoms with Crippen molar-refractivity contribution in [3.63, 3.8) is 0 Å². The lowest BCUT2D eigenvalue weighted by atomic mass is 10.1. The number of anilines is 2. The summed E-state index contributed by atoms with van der Waals surface area (Å²) in [5.41, 5.74) is 1.36. The number of rotatable bonds is 3. The molecule has 2 aromatic rings. The lowest BCUT2D eigenvalue weighted by Crippen LogP contribution is -2.08. The summed E-state index contributed by atoms with van der Waals surface area (Å²) < 4.78 is 0. The summed E-state index contributed by atoms with van der Waals surface area (Å²) >= 11 is 1.48. The van der Waals surface area contributed by atoms with Crippen LogP contribution in [0.15, 0.2) is 40.5 Å². The summed E-state index contributed by atoms with van der Waals surface area (Å²) in [6, 6.07) is 5.31. The summed E-state index contributed by atoms with van der Waals surface area (Å²) in [6.07, 6.45) is 1.89. The normalized spacial score (nSPS) is 13.8. The molecule has 0 spiro atoms. The Bertz CT molecular complexity index is 678. The van der Waals surface area contributed by atoms with Crippen LogP contribution in [0.1, 0.15) is 18.1 Å². The summed E-state index contributed by atoms with van der Waals surface area (Å²) in [6.45, 7) is 0. The third kappa shape index (κ3) is 2.45. The fourth-order valence-corrected chi connectivity index (χ4v) is 2.82. The Morgan fingerprint density at radius 3 is 2.95 bits per heavy atom. The number of carboxylic acids is 1. The number of fused-ring (bicyclic) bond motifs is 2. The first-order valence-electron chi connectivity index (χ1n) is 5.93. The van der Waals surface area contributed by atoms with Gasteiger partial charge in [-0.15, -0.1) is 0 Å². The van der Waals surface area contributed by atoms with Crippen molar-refractivity contribution in [3.05, 3.63) is 36.2 Å². The first kappa shape index (κ1) is 12.9. The number of carbonyl (C=O) groups is 1. The average Bonchev–Trinajstić information content (AvgIpc) is 2.43. The SMILES string of the molecule is O=C(O)CC(O)c1ccc2c(c1)Nc1nccnc1S2. The molecular formula is C13H11N3O3S. The van der Waals surface area contributed by atoms with Gasteiger partial charge in [0.1, 0.15) is 5.03 Å². The zero-order chi connectivity index (χ0) is 14.1. The third-order valence-electron chi connectivity index (χ3n) is 2.88. The van der Waals surface area contributed by atoms with Crippen molar-refractivity contribution in [2.75, 3.05) is 5.32 Å². The minimum absolute atomic E-state index is 0.317. The highest BCUT2D eigenvalue weighted by Crippen LogP contribution is 2.42. The van der Waals surface area contributed by atoms with E-state index in [9.17, 15) is 9.90 Å². The van der Waals surface area contributed by atoms with Crippen LogP contribution in [0.3, 0.4) is 0 Å². The highest BCUT2D eigenvalue weighted by Gasteiger charge is 2.20. The van der Waals surface area contributed by atoms with Crippen LogP contribution in [-0.2, 0) is 4.79 Å².